The van der Waals surface area contributed by atoms with E-state index in [4.69, 9.17) is 11.5 Å². The third kappa shape index (κ3) is 10.2. The Morgan fingerprint density at radius 3 is 2.36 bits per heavy atom. The molecule has 0 bridgehead atoms. The third-order valence-electron chi connectivity index (χ3n) is 9.50. The van der Waals surface area contributed by atoms with Gasteiger partial charge >= 0.3 is 6.18 Å². The SMILES string of the molecule is CN1C(=O)[C@H](CCCCN)NC(=O)[C@H](CCCCN)NCc2cccnc2Sc2cccc(C(F)(F)F)c2CNC(=O)[C@@H]1Cc1c[nH]c2ccccc12. The van der Waals surface area contributed by atoms with Gasteiger partial charge in [0, 0.05) is 54.8 Å². The second kappa shape index (κ2) is 18.5. The number of nitrogens with zero attached hydrogens (tertiary/aromatic N) is 2. The zero-order chi connectivity index (χ0) is 38.0. The number of carbonyl (C=O) groups excluding carboxylic acids is 3. The average molecular weight is 753 g/mol. The van der Waals surface area contributed by atoms with Gasteiger partial charge in [-0.2, -0.15) is 13.2 Å². The minimum Gasteiger partial charge on any atom is -0.361 e. The van der Waals surface area contributed by atoms with Crippen LogP contribution in [0.5, 0.6) is 0 Å². The lowest BCUT2D eigenvalue weighted by Crippen LogP contribution is -2.57. The minimum atomic E-state index is -4.71. The molecule has 0 spiro atoms. The molecule has 3 atom stereocenters. The van der Waals surface area contributed by atoms with Gasteiger partial charge in [-0.05, 0) is 86.1 Å². The molecule has 3 heterocycles. The van der Waals surface area contributed by atoms with E-state index in [1.54, 1.807) is 30.6 Å². The van der Waals surface area contributed by atoms with Crippen molar-refractivity contribution in [2.24, 2.45) is 11.5 Å². The van der Waals surface area contributed by atoms with Crippen molar-refractivity contribution in [3.63, 3.8) is 0 Å². The van der Waals surface area contributed by atoms with Crippen molar-refractivity contribution in [2.45, 2.75) is 92.3 Å². The Kier molecular flexibility index (Phi) is 13.9. The van der Waals surface area contributed by atoms with Gasteiger partial charge in [-0.25, -0.2) is 4.98 Å². The van der Waals surface area contributed by atoms with Gasteiger partial charge in [0.1, 0.15) is 17.1 Å². The van der Waals surface area contributed by atoms with Crippen LogP contribution < -0.4 is 27.4 Å². The third-order valence-corrected chi connectivity index (χ3v) is 10.7. The fraction of sp³-hybridized carbons (Fsp3) is 0.421. The zero-order valence-corrected chi connectivity index (χ0v) is 30.5. The maximum atomic E-state index is 14.5. The number of unbranched alkanes of at least 4 members (excludes halogenated alkanes) is 2. The van der Waals surface area contributed by atoms with Gasteiger partial charge in [-0.1, -0.05) is 48.5 Å². The van der Waals surface area contributed by atoms with E-state index in [1.807, 2.05) is 24.3 Å². The predicted octanol–water partition coefficient (Wildman–Crippen LogP) is 4.63. The van der Waals surface area contributed by atoms with Crippen LogP contribution in [0.3, 0.4) is 0 Å². The highest BCUT2D eigenvalue weighted by Gasteiger charge is 2.37. The second-order valence-corrected chi connectivity index (χ2v) is 14.2. The van der Waals surface area contributed by atoms with Gasteiger partial charge in [0.2, 0.25) is 17.7 Å². The Labute approximate surface area is 311 Å². The molecule has 0 radical (unpaired) electrons. The Morgan fingerprint density at radius 1 is 0.887 bits per heavy atom. The summed E-state index contributed by atoms with van der Waals surface area (Å²) in [6.07, 6.45) is 1.84. The van der Waals surface area contributed by atoms with Gasteiger partial charge < -0.3 is 37.3 Å². The molecule has 0 fully saturated rings. The van der Waals surface area contributed by atoms with E-state index in [-0.39, 0.29) is 35.8 Å². The van der Waals surface area contributed by atoms with Crippen molar-refractivity contribution in [3.8, 4) is 0 Å². The molecule has 284 valence electrons. The molecule has 53 heavy (non-hydrogen) atoms. The van der Waals surface area contributed by atoms with Gasteiger partial charge in [0.25, 0.3) is 0 Å². The molecule has 0 unspecified atom stereocenters. The average Bonchev–Trinajstić information content (AvgIpc) is 3.56. The zero-order valence-electron chi connectivity index (χ0n) is 29.7. The number of aromatic nitrogens is 2. The number of fused-ring (bicyclic) bond motifs is 3. The number of halogens is 3. The Bertz CT molecular complexity index is 1870. The normalized spacial score (nSPS) is 19.3. The summed E-state index contributed by atoms with van der Waals surface area (Å²) in [5, 5.41) is 10.3. The standard InChI is InChI=1S/C38H47F3N8O3S/c1-49-32(20-25-22-45-29-13-3-2-11-26(25)29)35(51)47-23-27-28(38(39,40)41)12-8-16-33(27)53-36-24(10-9-19-44-36)21-46-30(14-4-6-17-42)34(50)48-31(37(49)52)15-5-7-18-43/h2-3,8-13,16,19,22,30-32,45-46H,4-7,14-15,17-18,20-21,23,42-43H2,1H3,(H,47,51)(H,48,50)/t30-,31-,32-/m0/s1. The van der Waals surface area contributed by atoms with Crippen LogP contribution in [0.4, 0.5) is 13.2 Å². The lowest BCUT2D eigenvalue weighted by Gasteiger charge is -2.32. The van der Waals surface area contributed by atoms with Crippen molar-refractivity contribution >= 4 is 40.4 Å². The smallest absolute Gasteiger partial charge is 0.361 e. The number of pyridine rings is 1. The Balaban J connectivity index is 1.60. The Hall–Kier alpha value is -4.44. The van der Waals surface area contributed by atoms with E-state index in [2.05, 4.69) is 25.9 Å². The molecular weight excluding hydrogens is 706 g/mol. The number of hydrogen-bond acceptors (Lipinski definition) is 8. The van der Waals surface area contributed by atoms with Crippen LogP contribution in [-0.4, -0.2) is 70.9 Å². The summed E-state index contributed by atoms with van der Waals surface area (Å²) in [6, 6.07) is 12.0. The molecule has 2 aromatic carbocycles. The van der Waals surface area contributed by atoms with E-state index in [0.717, 1.165) is 34.3 Å². The van der Waals surface area contributed by atoms with Crippen LogP contribution in [-0.2, 0) is 40.1 Å². The van der Waals surface area contributed by atoms with E-state index < -0.39 is 48.2 Å². The number of aromatic amines is 1. The molecule has 3 amide bonds. The molecule has 1 aliphatic rings. The summed E-state index contributed by atoms with van der Waals surface area (Å²) in [6.45, 7) is 0.568. The molecule has 0 saturated heterocycles. The van der Waals surface area contributed by atoms with Crippen LogP contribution in [0.25, 0.3) is 10.9 Å². The number of rotatable bonds is 10. The van der Waals surface area contributed by atoms with E-state index in [0.29, 0.717) is 55.8 Å². The molecule has 4 aromatic rings. The van der Waals surface area contributed by atoms with Crippen LogP contribution in [0.15, 0.2) is 76.9 Å². The van der Waals surface area contributed by atoms with Crippen LogP contribution in [0.2, 0.25) is 0 Å². The second-order valence-electron chi connectivity index (χ2n) is 13.2. The lowest BCUT2D eigenvalue weighted by molar-refractivity contribution is -0.142. The number of likely N-dealkylation sites (N-methyl/N-ethyl adjacent to an activating group) is 1. The number of hydrogen-bond donors (Lipinski definition) is 6. The van der Waals surface area contributed by atoms with Crippen LogP contribution >= 0.6 is 11.8 Å². The molecule has 11 nitrogen and oxygen atoms in total. The number of amides is 3. The molecular formula is C38H47F3N8O3S. The quantitative estimate of drug-likeness (QED) is 0.127. The number of H-pyrrole nitrogens is 1. The summed E-state index contributed by atoms with van der Waals surface area (Å²) in [5.41, 5.74) is 12.8. The Morgan fingerprint density at radius 2 is 1.62 bits per heavy atom. The highest BCUT2D eigenvalue weighted by atomic mass is 32.2. The van der Waals surface area contributed by atoms with Crippen molar-refractivity contribution < 1.29 is 27.6 Å². The van der Waals surface area contributed by atoms with Gasteiger partial charge in [-0.15, -0.1) is 0 Å². The van der Waals surface area contributed by atoms with Crippen LogP contribution in [0.1, 0.15) is 60.8 Å². The first kappa shape index (κ1) is 39.8. The number of nitrogens with two attached hydrogens (primary N) is 2. The largest absolute Gasteiger partial charge is 0.416 e. The van der Waals surface area contributed by atoms with E-state index >= 15 is 0 Å². The summed E-state index contributed by atoms with van der Waals surface area (Å²) < 4.78 is 43.5. The first-order chi connectivity index (χ1) is 25.5. The fourth-order valence-electron chi connectivity index (χ4n) is 6.55. The monoisotopic (exact) mass is 752 g/mol. The van der Waals surface area contributed by atoms with Crippen molar-refractivity contribution in [2.75, 3.05) is 20.1 Å². The molecule has 15 heteroatoms. The minimum absolute atomic E-state index is 0.0602. The molecule has 8 N–H and O–H groups in total. The fourth-order valence-corrected chi connectivity index (χ4v) is 7.59. The summed E-state index contributed by atoms with van der Waals surface area (Å²) in [5.74, 6) is -1.53. The maximum absolute atomic E-state index is 14.5. The van der Waals surface area contributed by atoms with E-state index in [1.165, 1.54) is 18.0 Å². The molecule has 1 aliphatic heterocycles. The number of para-hydroxylation sites is 1. The number of alkyl halides is 3. The van der Waals surface area contributed by atoms with Gasteiger partial charge in [-0.3, -0.25) is 14.4 Å². The first-order valence-corrected chi connectivity index (χ1v) is 18.7. The highest BCUT2D eigenvalue weighted by molar-refractivity contribution is 7.99. The van der Waals surface area contributed by atoms with Gasteiger partial charge in [0.05, 0.1) is 11.6 Å². The summed E-state index contributed by atoms with van der Waals surface area (Å²) in [7, 11) is 1.49. The number of carbonyl (C=O) groups is 3. The van der Waals surface area contributed by atoms with Gasteiger partial charge in [0.15, 0.2) is 0 Å². The molecule has 2 aromatic heterocycles. The molecule has 5 rings (SSSR count). The number of nitrogens with one attached hydrogen (secondary N) is 4. The predicted molar refractivity (Wildman–Crippen MR) is 199 cm³/mol. The maximum Gasteiger partial charge on any atom is 0.416 e. The summed E-state index contributed by atoms with van der Waals surface area (Å²) >= 11 is 1.06. The molecule has 0 aliphatic carbocycles. The topological polar surface area (TPSA) is 171 Å². The lowest BCUT2D eigenvalue weighted by atomic mass is 10.0. The first-order valence-electron chi connectivity index (χ1n) is 17.9. The number of benzene rings is 2. The van der Waals surface area contributed by atoms with Crippen LogP contribution in [0, 0.1) is 0 Å². The van der Waals surface area contributed by atoms with Crippen molar-refractivity contribution in [1.29, 1.82) is 0 Å². The highest BCUT2D eigenvalue weighted by Crippen LogP contribution is 2.39. The van der Waals surface area contributed by atoms with Crippen molar-refractivity contribution in [3.05, 3.63) is 89.2 Å². The molecule has 0 saturated carbocycles. The summed E-state index contributed by atoms with van der Waals surface area (Å²) in [4.78, 5) is 51.9. The van der Waals surface area contributed by atoms with E-state index in [9.17, 15) is 27.6 Å². The van der Waals surface area contributed by atoms with Crippen molar-refractivity contribution in [1.82, 2.24) is 30.8 Å².